The summed E-state index contributed by atoms with van der Waals surface area (Å²) in [4.78, 5) is 12.5. The average molecular weight is 601 g/mol. The number of carbonyl (C=O) groups excluding carboxylic acids is 1. The lowest BCUT2D eigenvalue weighted by atomic mass is 10.0. The highest BCUT2D eigenvalue weighted by Crippen LogP contribution is 2.47. The lowest BCUT2D eigenvalue weighted by Gasteiger charge is -2.28. The molecule has 0 saturated heterocycles. The van der Waals surface area contributed by atoms with E-state index >= 15 is 0 Å². The zero-order chi connectivity index (χ0) is 27.2. The molecule has 3 aromatic carbocycles. The van der Waals surface area contributed by atoms with Crippen LogP contribution in [0, 0.1) is 5.82 Å². The zero-order valence-electron chi connectivity index (χ0n) is 20.5. The molecule has 1 unspecified atom stereocenters. The maximum atomic E-state index is 13.4. The van der Waals surface area contributed by atoms with E-state index in [-0.39, 0.29) is 30.3 Å². The van der Waals surface area contributed by atoms with E-state index in [0.717, 1.165) is 30.2 Å². The first-order valence-electron chi connectivity index (χ1n) is 12.1. The standard InChI is InChI=1S/C28H26BrFN2O5S/c1-38(35,36)32(15-24(33)19-4-2-3-5-22(19)29)23-14-25-21(13-20(23)17-8-9-17)27(28(31)34)26(37-25)12-16-6-10-18(30)11-7-16/h2-7,10-11,13-14,17,24,33H,8-9,12,15H2,1H3,(H2,31,34). The Bertz CT molecular complexity index is 1630. The molecule has 5 rings (SSSR count). The molecule has 1 saturated carbocycles. The number of aliphatic hydroxyl groups is 1. The van der Waals surface area contributed by atoms with E-state index in [1.807, 2.05) is 6.07 Å². The number of hydrogen-bond donors (Lipinski definition) is 2. The summed E-state index contributed by atoms with van der Waals surface area (Å²) in [6.07, 6.45) is 1.94. The monoisotopic (exact) mass is 600 g/mol. The Morgan fingerprint density at radius 2 is 1.87 bits per heavy atom. The predicted molar refractivity (Wildman–Crippen MR) is 147 cm³/mol. The second-order valence-corrected chi connectivity index (χ2v) is 12.3. The third-order valence-corrected chi connectivity index (χ3v) is 8.59. The molecule has 1 aliphatic carbocycles. The summed E-state index contributed by atoms with van der Waals surface area (Å²) < 4.78 is 47.4. The second kappa shape index (κ2) is 10.2. The number of aliphatic hydroxyl groups excluding tert-OH is 1. The quantitative estimate of drug-likeness (QED) is 0.267. The summed E-state index contributed by atoms with van der Waals surface area (Å²) in [5.74, 6) is -0.620. The normalized spacial score (nSPS) is 14.5. The number of benzene rings is 3. The highest BCUT2D eigenvalue weighted by molar-refractivity contribution is 9.10. The molecule has 4 aromatic rings. The van der Waals surface area contributed by atoms with Crippen LogP contribution < -0.4 is 10.0 Å². The van der Waals surface area contributed by atoms with Crippen molar-refractivity contribution in [2.75, 3.05) is 17.1 Å². The highest BCUT2D eigenvalue weighted by atomic mass is 79.9. The molecule has 0 aliphatic heterocycles. The van der Waals surface area contributed by atoms with Crippen LogP contribution in [-0.4, -0.2) is 32.2 Å². The molecule has 1 fully saturated rings. The van der Waals surface area contributed by atoms with Crippen LogP contribution in [0.4, 0.5) is 10.1 Å². The molecule has 7 nitrogen and oxygen atoms in total. The van der Waals surface area contributed by atoms with Crippen molar-refractivity contribution in [3.8, 4) is 0 Å². The number of halogens is 2. The van der Waals surface area contributed by atoms with E-state index in [1.165, 1.54) is 16.4 Å². The van der Waals surface area contributed by atoms with Crippen LogP contribution in [0.25, 0.3) is 11.0 Å². The molecule has 0 bridgehead atoms. The maximum absolute atomic E-state index is 13.4. The first kappa shape index (κ1) is 26.4. The van der Waals surface area contributed by atoms with Gasteiger partial charge in [-0.2, -0.15) is 0 Å². The van der Waals surface area contributed by atoms with Crippen molar-refractivity contribution in [2.45, 2.75) is 31.3 Å². The minimum atomic E-state index is -3.81. The number of nitrogens with zero attached hydrogens (tertiary/aromatic N) is 1. The number of primary amides is 1. The number of carbonyl (C=O) groups is 1. The van der Waals surface area contributed by atoms with Gasteiger partial charge in [-0.05, 0) is 59.7 Å². The third-order valence-electron chi connectivity index (χ3n) is 6.72. The highest BCUT2D eigenvalue weighted by Gasteiger charge is 2.34. The van der Waals surface area contributed by atoms with Crippen LogP contribution in [0.15, 0.2) is 69.6 Å². The molecule has 10 heteroatoms. The summed E-state index contributed by atoms with van der Waals surface area (Å²) in [6.45, 7) is -0.210. The third kappa shape index (κ3) is 5.34. The fourth-order valence-electron chi connectivity index (χ4n) is 4.73. The van der Waals surface area contributed by atoms with Gasteiger partial charge < -0.3 is 15.3 Å². The summed E-state index contributed by atoms with van der Waals surface area (Å²) in [5, 5.41) is 11.5. The van der Waals surface area contributed by atoms with Crippen molar-refractivity contribution in [1.29, 1.82) is 0 Å². The van der Waals surface area contributed by atoms with E-state index in [9.17, 15) is 22.7 Å². The van der Waals surface area contributed by atoms with Gasteiger partial charge in [-0.1, -0.05) is 46.3 Å². The molecule has 1 aliphatic rings. The number of fused-ring (bicyclic) bond motifs is 1. The number of amides is 1. The lowest BCUT2D eigenvalue weighted by molar-refractivity contribution is 0.1000. The van der Waals surface area contributed by atoms with Crippen LogP contribution in [0.1, 0.15) is 57.7 Å². The van der Waals surface area contributed by atoms with E-state index in [0.29, 0.717) is 32.5 Å². The van der Waals surface area contributed by atoms with Crippen LogP contribution in [-0.2, 0) is 16.4 Å². The molecule has 198 valence electrons. The molecule has 1 heterocycles. The molecule has 1 atom stereocenters. The number of anilines is 1. The van der Waals surface area contributed by atoms with Crippen molar-refractivity contribution < 1.29 is 27.1 Å². The fraction of sp³-hybridized carbons (Fsp3) is 0.250. The van der Waals surface area contributed by atoms with E-state index in [1.54, 1.807) is 42.5 Å². The number of hydrogen-bond acceptors (Lipinski definition) is 5. The van der Waals surface area contributed by atoms with Gasteiger partial charge in [0, 0.05) is 22.3 Å². The first-order valence-corrected chi connectivity index (χ1v) is 14.7. The minimum absolute atomic E-state index is 0.107. The lowest BCUT2D eigenvalue weighted by Crippen LogP contribution is -2.34. The minimum Gasteiger partial charge on any atom is -0.460 e. The second-order valence-electron chi connectivity index (χ2n) is 9.58. The number of furan rings is 1. The number of rotatable bonds is 9. The van der Waals surface area contributed by atoms with Gasteiger partial charge in [-0.3, -0.25) is 9.10 Å². The molecule has 0 spiro atoms. The van der Waals surface area contributed by atoms with Crippen molar-refractivity contribution in [2.24, 2.45) is 5.73 Å². The van der Waals surface area contributed by atoms with Crippen molar-refractivity contribution in [3.63, 3.8) is 0 Å². The van der Waals surface area contributed by atoms with Crippen LogP contribution in [0.5, 0.6) is 0 Å². The summed E-state index contributed by atoms with van der Waals surface area (Å²) in [5.41, 5.74) is 8.71. The predicted octanol–water partition coefficient (Wildman–Crippen LogP) is 5.40. The van der Waals surface area contributed by atoms with E-state index in [2.05, 4.69) is 15.9 Å². The molecule has 0 radical (unpaired) electrons. The molecule has 1 aromatic heterocycles. The summed E-state index contributed by atoms with van der Waals surface area (Å²) in [7, 11) is -3.81. The Labute approximate surface area is 228 Å². The number of nitrogens with two attached hydrogens (primary N) is 1. The SMILES string of the molecule is CS(=O)(=O)N(CC(O)c1ccccc1Br)c1cc2oc(Cc3ccc(F)cc3)c(C(N)=O)c2cc1C1CC1. The van der Waals surface area contributed by atoms with Crippen molar-refractivity contribution >= 4 is 48.5 Å². The largest absolute Gasteiger partial charge is 0.460 e. The van der Waals surface area contributed by atoms with Crippen molar-refractivity contribution in [3.05, 3.63) is 99.0 Å². The van der Waals surface area contributed by atoms with Crippen LogP contribution in [0.2, 0.25) is 0 Å². The Kier molecular flexibility index (Phi) is 7.06. The van der Waals surface area contributed by atoms with Crippen LogP contribution in [0.3, 0.4) is 0 Å². The first-order chi connectivity index (χ1) is 18.0. The summed E-state index contributed by atoms with van der Waals surface area (Å²) >= 11 is 3.42. The molecule has 3 N–H and O–H groups in total. The Balaban J connectivity index is 1.62. The van der Waals surface area contributed by atoms with Gasteiger partial charge in [-0.25, -0.2) is 12.8 Å². The topological polar surface area (TPSA) is 114 Å². The summed E-state index contributed by atoms with van der Waals surface area (Å²) in [6, 6.07) is 16.3. The molecule has 38 heavy (non-hydrogen) atoms. The molecular weight excluding hydrogens is 575 g/mol. The Hall–Kier alpha value is -3.21. The fourth-order valence-corrected chi connectivity index (χ4v) is 6.21. The van der Waals surface area contributed by atoms with Gasteiger partial charge in [-0.15, -0.1) is 0 Å². The maximum Gasteiger partial charge on any atom is 0.252 e. The molecular formula is C28H26BrFN2O5S. The van der Waals surface area contributed by atoms with Crippen LogP contribution >= 0.6 is 15.9 Å². The van der Waals surface area contributed by atoms with Gasteiger partial charge in [0.25, 0.3) is 5.91 Å². The smallest absolute Gasteiger partial charge is 0.252 e. The van der Waals surface area contributed by atoms with E-state index in [4.69, 9.17) is 10.2 Å². The number of sulfonamides is 1. The van der Waals surface area contributed by atoms with Gasteiger partial charge in [0.15, 0.2) is 0 Å². The van der Waals surface area contributed by atoms with Crippen molar-refractivity contribution in [1.82, 2.24) is 0 Å². The van der Waals surface area contributed by atoms with Gasteiger partial charge in [0.1, 0.15) is 17.2 Å². The van der Waals surface area contributed by atoms with E-state index < -0.39 is 22.0 Å². The average Bonchev–Trinajstić information content (AvgIpc) is 3.63. The Morgan fingerprint density at radius 3 is 2.47 bits per heavy atom. The zero-order valence-corrected chi connectivity index (χ0v) is 22.9. The van der Waals surface area contributed by atoms with Gasteiger partial charge in [0.05, 0.1) is 30.2 Å². The van der Waals surface area contributed by atoms with Gasteiger partial charge in [0.2, 0.25) is 10.0 Å². The van der Waals surface area contributed by atoms with Gasteiger partial charge >= 0.3 is 0 Å². The Morgan fingerprint density at radius 1 is 1.18 bits per heavy atom. The molecule has 1 amide bonds.